The predicted molar refractivity (Wildman–Crippen MR) is 69.4 cm³/mol. The third-order valence-electron chi connectivity index (χ3n) is 3.74. The van der Waals surface area contributed by atoms with Crippen molar-refractivity contribution in [2.24, 2.45) is 11.7 Å². The van der Waals surface area contributed by atoms with Crippen LogP contribution >= 0.6 is 0 Å². The zero-order valence-electron chi connectivity index (χ0n) is 10.8. The standard InChI is InChI=1S/C14H21FN2O/c1-10(18)12-4-5-17(8-12)9-13-3-2-11(7-16)6-14(13)15/h2-3,6,10,12,18H,4-5,7-9,16H2,1H3. The summed E-state index contributed by atoms with van der Waals surface area (Å²) >= 11 is 0. The number of rotatable bonds is 4. The smallest absolute Gasteiger partial charge is 0.128 e. The second kappa shape index (κ2) is 5.78. The molecule has 1 aromatic carbocycles. The first-order valence-electron chi connectivity index (χ1n) is 6.48. The molecule has 4 heteroatoms. The molecule has 100 valence electrons. The van der Waals surface area contributed by atoms with Crippen molar-refractivity contribution in [3.8, 4) is 0 Å². The second-order valence-electron chi connectivity index (χ2n) is 5.15. The van der Waals surface area contributed by atoms with Gasteiger partial charge < -0.3 is 10.8 Å². The number of halogens is 1. The van der Waals surface area contributed by atoms with Crippen molar-refractivity contribution in [3.63, 3.8) is 0 Å². The van der Waals surface area contributed by atoms with Gasteiger partial charge in [0.15, 0.2) is 0 Å². The van der Waals surface area contributed by atoms with Crippen LogP contribution in [0.2, 0.25) is 0 Å². The Labute approximate surface area is 107 Å². The molecule has 0 aliphatic carbocycles. The van der Waals surface area contributed by atoms with Crippen LogP contribution in [-0.2, 0) is 13.1 Å². The van der Waals surface area contributed by atoms with E-state index >= 15 is 0 Å². The summed E-state index contributed by atoms with van der Waals surface area (Å²) in [4.78, 5) is 2.19. The van der Waals surface area contributed by atoms with Crippen molar-refractivity contribution in [3.05, 3.63) is 35.1 Å². The highest BCUT2D eigenvalue weighted by atomic mass is 19.1. The summed E-state index contributed by atoms with van der Waals surface area (Å²) in [5, 5.41) is 9.54. The molecular formula is C14H21FN2O. The quantitative estimate of drug-likeness (QED) is 0.853. The van der Waals surface area contributed by atoms with Crippen LogP contribution in [0.25, 0.3) is 0 Å². The van der Waals surface area contributed by atoms with E-state index in [0.717, 1.165) is 25.1 Å². The van der Waals surface area contributed by atoms with Gasteiger partial charge in [0.05, 0.1) is 6.10 Å². The van der Waals surface area contributed by atoms with Gasteiger partial charge in [-0.15, -0.1) is 0 Å². The lowest BCUT2D eigenvalue weighted by Gasteiger charge is -2.18. The lowest BCUT2D eigenvalue weighted by Crippen LogP contribution is -2.24. The normalized spacial score (nSPS) is 22.3. The van der Waals surface area contributed by atoms with Gasteiger partial charge >= 0.3 is 0 Å². The van der Waals surface area contributed by atoms with Gasteiger partial charge in [-0.1, -0.05) is 12.1 Å². The molecule has 1 aliphatic rings. The Morgan fingerprint density at radius 2 is 2.33 bits per heavy atom. The van der Waals surface area contributed by atoms with Crippen LogP contribution in [0.4, 0.5) is 4.39 Å². The number of aliphatic hydroxyl groups is 1. The summed E-state index contributed by atoms with van der Waals surface area (Å²) in [7, 11) is 0. The van der Waals surface area contributed by atoms with Crippen molar-refractivity contribution in [1.82, 2.24) is 4.90 Å². The molecule has 1 aromatic rings. The minimum Gasteiger partial charge on any atom is -0.393 e. The highest BCUT2D eigenvalue weighted by Crippen LogP contribution is 2.22. The van der Waals surface area contributed by atoms with Crippen LogP contribution in [0, 0.1) is 11.7 Å². The number of likely N-dealkylation sites (tertiary alicyclic amines) is 1. The minimum atomic E-state index is -0.278. The largest absolute Gasteiger partial charge is 0.393 e. The summed E-state index contributed by atoms with van der Waals surface area (Å²) in [5.74, 6) is 0.134. The van der Waals surface area contributed by atoms with E-state index in [0.29, 0.717) is 24.6 Å². The molecule has 3 nitrogen and oxygen atoms in total. The third kappa shape index (κ3) is 3.07. The molecule has 0 aromatic heterocycles. The van der Waals surface area contributed by atoms with Crippen LogP contribution in [0.15, 0.2) is 18.2 Å². The average molecular weight is 252 g/mol. The van der Waals surface area contributed by atoms with E-state index in [9.17, 15) is 9.50 Å². The monoisotopic (exact) mass is 252 g/mol. The SMILES string of the molecule is CC(O)C1CCN(Cc2ccc(CN)cc2F)C1. The van der Waals surface area contributed by atoms with E-state index in [1.807, 2.05) is 19.1 Å². The van der Waals surface area contributed by atoms with Crippen LogP contribution in [0.1, 0.15) is 24.5 Å². The molecular weight excluding hydrogens is 231 g/mol. The average Bonchev–Trinajstić information content (AvgIpc) is 2.80. The van der Waals surface area contributed by atoms with Crippen LogP contribution in [0.3, 0.4) is 0 Å². The first kappa shape index (κ1) is 13.5. The lowest BCUT2D eigenvalue weighted by atomic mass is 10.0. The fourth-order valence-corrected chi connectivity index (χ4v) is 2.49. The van der Waals surface area contributed by atoms with Gasteiger partial charge in [-0.05, 0) is 37.4 Å². The van der Waals surface area contributed by atoms with Gasteiger partial charge in [-0.25, -0.2) is 4.39 Å². The zero-order chi connectivity index (χ0) is 13.1. The molecule has 1 saturated heterocycles. The second-order valence-corrected chi connectivity index (χ2v) is 5.15. The Morgan fingerprint density at radius 1 is 1.56 bits per heavy atom. The maximum Gasteiger partial charge on any atom is 0.128 e. The van der Waals surface area contributed by atoms with Crippen LogP contribution < -0.4 is 5.73 Å². The molecule has 1 aliphatic heterocycles. The summed E-state index contributed by atoms with van der Waals surface area (Å²) in [5.41, 5.74) is 7.00. The molecule has 2 atom stereocenters. The van der Waals surface area contributed by atoms with Crippen molar-refractivity contribution in [2.75, 3.05) is 13.1 Å². The first-order chi connectivity index (χ1) is 8.60. The van der Waals surface area contributed by atoms with E-state index in [1.54, 1.807) is 0 Å². The predicted octanol–water partition coefficient (Wildman–Crippen LogP) is 1.49. The van der Waals surface area contributed by atoms with Gasteiger partial charge in [0.2, 0.25) is 0 Å². The van der Waals surface area contributed by atoms with Crippen LogP contribution in [0.5, 0.6) is 0 Å². The van der Waals surface area contributed by atoms with Crippen molar-refractivity contribution >= 4 is 0 Å². The number of aliphatic hydroxyl groups excluding tert-OH is 1. The van der Waals surface area contributed by atoms with Crippen molar-refractivity contribution in [1.29, 1.82) is 0 Å². The molecule has 0 bridgehead atoms. The van der Waals surface area contributed by atoms with E-state index in [1.165, 1.54) is 6.07 Å². The summed E-state index contributed by atoms with van der Waals surface area (Å²) in [6.07, 6.45) is 0.708. The molecule has 3 N–H and O–H groups in total. The molecule has 18 heavy (non-hydrogen) atoms. The maximum absolute atomic E-state index is 13.8. The van der Waals surface area contributed by atoms with Gasteiger partial charge in [0.1, 0.15) is 5.82 Å². The third-order valence-corrected chi connectivity index (χ3v) is 3.74. The minimum absolute atomic E-state index is 0.182. The van der Waals surface area contributed by atoms with Gasteiger partial charge in [0, 0.05) is 25.2 Å². The molecule has 2 unspecified atom stereocenters. The molecule has 0 saturated carbocycles. The number of hydrogen-bond acceptors (Lipinski definition) is 3. The van der Waals surface area contributed by atoms with Crippen molar-refractivity contribution in [2.45, 2.75) is 32.5 Å². The fourth-order valence-electron chi connectivity index (χ4n) is 2.49. The number of nitrogens with zero attached hydrogens (tertiary/aromatic N) is 1. The number of nitrogens with two attached hydrogens (primary N) is 1. The van der Waals surface area contributed by atoms with Crippen molar-refractivity contribution < 1.29 is 9.50 Å². The zero-order valence-corrected chi connectivity index (χ0v) is 10.8. The molecule has 2 rings (SSSR count). The molecule has 1 fully saturated rings. The highest BCUT2D eigenvalue weighted by Gasteiger charge is 2.26. The highest BCUT2D eigenvalue weighted by molar-refractivity contribution is 5.24. The summed E-state index contributed by atoms with van der Waals surface area (Å²) in [6.45, 7) is 4.57. The van der Waals surface area contributed by atoms with E-state index in [4.69, 9.17) is 5.73 Å². The van der Waals surface area contributed by atoms with Gasteiger partial charge in [0.25, 0.3) is 0 Å². The lowest BCUT2D eigenvalue weighted by molar-refractivity contribution is 0.127. The maximum atomic E-state index is 13.8. The molecule has 0 amide bonds. The number of benzene rings is 1. The van der Waals surface area contributed by atoms with Gasteiger partial charge in [-0.3, -0.25) is 4.90 Å². The molecule has 0 radical (unpaired) electrons. The van der Waals surface area contributed by atoms with E-state index in [2.05, 4.69) is 4.90 Å². The van der Waals surface area contributed by atoms with E-state index < -0.39 is 0 Å². The summed E-state index contributed by atoms with van der Waals surface area (Å²) < 4.78 is 13.8. The Morgan fingerprint density at radius 3 is 2.89 bits per heavy atom. The first-order valence-corrected chi connectivity index (χ1v) is 6.48. The molecule has 1 heterocycles. The number of hydrogen-bond donors (Lipinski definition) is 2. The van der Waals surface area contributed by atoms with E-state index in [-0.39, 0.29) is 11.9 Å². The Bertz CT molecular complexity index is 409. The van der Waals surface area contributed by atoms with Gasteiger partial charge in [-0.2, -0.15) is 0 Å². The fraction of sp³-hybridized carbons (Fsp3) is 0.571. The Kier molecular flexibility index (Phi) is 4.32. The molecule has 0 spiro atoms. The Hall–Kier alpha value is -0.970. The summed E-state index contributed by atoms with van der Waals surface area (Å²) in [6, 6.07) is 5.20. The topological polar surface area (TPSA) is 49.5 Å². The van der Waals surface area contributed by atoms with Crippen LogP contribution in [-0.4, -0.2) is 29.2 Å². The Balaban J connectivity index is 1.98.